The molecule has 1 atom stereocenters. The summed E-state index contributed by atoms with van der Waals surface area (Å²) < 4.78 is 0. The fourth-order valence-corrected chi connectivity index (χ4v) is 0.979. The molecule has 7 nitrogen and oxygen atoms in total. The minimum absolute atomic E-state index is 0.110. The average molecular weight is 226 g/mol. The van der Waals surface area contributed by atoms with E-state index >= 15 is 0 Å². The zero-order valence-electron chi connectivity index (χ0n) is 8.14. The van der Waals surface area contributed by atoms with Crippen LogP contribution in [0.25, 0.3) is 0 Å². The Morgan fingerprint density at radius 1 is 1.44 bits per heavy atom. The molecule has 0 saturated heterocycles. The molecule has 7 heteroatoms. The first-order valence-electron chi connectivity index (χ1n) is 4.38. The maximum atomic E-state index is 11.4. The predicted molar refractivity (Wildman–Crippen MR) is 53.0 cm³/mol. The second-order valence-corrected chi connectivity index (χ2v) is 2.99. The molecular weight excluding hydrogens is 216 g/mol. The van der Waals surface area contributed by atoms with Crippen LogP contribution in [-0.2, 0) is 4.79 Å². The lowest BCUT2D eigenvalue weighted by Crippen LogP contribution is -2.43. The van der Waals surface area contributed by atoms with Crippen LogP contribution in [0.1, 0.15) is 10.4 Å². The highest BCUT2D eigenvalue weighted by Gasteiger charge is 2.19. The minimum atomic E-state index is -1.36. The van der Waals surface area contributed by atoms with E-state index < -0.39 is 24.5 Å². The summed E-state index contributed by atoms with van der Waals surface area (Å²) in [5.41, 5.74) is -0.257. The normalized spacial score (nSPS) is 11.8. The molecule has 0 aliphatic rings. The summed E-state index contributed by atoms with van der Waals surface area (Å²) in [6.07, 6.45) is 1.16. The number of aromatic amines is 1. The molecule has 0 fully saturated rings. The highest BCUT2D eigenvalue weighted by molar-refractivity contribution is 5.96. The van der Waals surface area contributed by atoms with E-state index in [9.17, 15) is 14.4 Å². The van der Waals surface area contributed by atoms with Gasteiger partial charge in [-0.15, -0.1) is 0 Å². The average Bonchev–Trinajstić information content (AvgIpc) is 2.26. The highest BCUT2D eigenvalue weighted by Crippen LogP contribution is 1.94. The molecule has 16 heavy (non-hydrogen) atoms. The molecule has 0 aliphatic heterocycles. The van der Waals surface area contributed by atoms with Gasteiger partial charge in [-0.3, -0.25) is 9.59 Å². The van der Waals surface area contributed by atoms with Gasteiger partial charge in [0, 0.05) is 12.3 Å². The van der Waals surface area contributed by atoms with Gasteiger partial charge < -0.3 is 20.5 Å². The Kier molecular flexibility index (Phi) is 3.78. The van der Waals surface area contributed by atoms with Crippen LogP contribution < -0.4 is 10.9 Å². The number of hydrogen-bond donors (Lipinski definition) is 4. The van der Waals surface area contributed by atoms with Gasteiger partial charge in [-0.25, -0.2) is 4.79 Å². The Hall–Kier alpha value is -2.15. The van der Waals surface area contributed by atoms with Crippen LogP contribution in [0, 0.1) is 0 Å². The van der Waals surface area contributed by atoms with Crippen LogP contribution in [0.3, 0.4) is 0 Å². The number of hydrogen-bond acceptors (Lipinski definition) is 4. The van der Waals surface area contributed by atoms with Crippen molar-refractivity contribution < 1.29 is 19.8 Å². The lowest BCUT2D eigenvalue weighted by atomic mass is 10.2. The molecule has 4 N–H and O–H groups in total. The van der Waals surface area contributed by atoms with Crippen molar-refractivity contribution in [2.24, 2.45) is 0 Å². The lowest BCUT2D eigenvalue weighted by Gasteiger charge is -2.10. The van der Waals surface area contributed by atoms with Crippen molar-refractivity contribution in [1.82, 2.24) is 10.3 Å². The third-order valence-corrected chi connectivity index (χ3v) is 1.83. The smallest absolute Gasteiger partial charge is 0.328 e. The minimum Gasteiger partial charge on any atom is -0.480 e. The zero-order chi connectivity index (χ0) is 12.1. The van der Waals surface area contributed by atoms with E-state index in [-0.39, 0.29) is 11.1 Å². The van der Waals surface area contributed by atoms with E-state index in [2.05, 4.69) is 10.3 Å². The number of aliphatic carboxylic acids is 1. The number of amides is 1. The number of H-pyrrole nitrogens is 1. The third-order valence-electron chi connectivity index (χ3n) is 1.83. The van der Waals surface area contributed by atoms with Crippen LogP contribution in [0.4, 0.5) is 0 Å². The summed E-state index contributed by atoms with van der Waals surface area (Å²) in [5.74, 6) is -2.02. The molecular formula is C9H10N2O5. The van der Waals surface area contributed by atoms with Crippen molar-refractivity contribution in [3.63, 3.8) is 0 Å². The van der Waals surface area contributed by atoms with Gasteiger partial charge in [0.05, 0.1) is 12.2 Å². The number of carbonyl (C=O) groups excluding carboxylic acids is 1. The Morgan fingerprint density at radius 2 is 2.12 bits per heavy atom. The number of carboxylic acid groups (broad SMARTS) is 1. The topological polar surface area (TPSA) is 119 Å². The van der Waals surface area contributed by atoms with E-state index in [4.69, 9.17) is 10.2 Å². The molecule has 86 valence electrons. The van der Waals surface area contributed by atoms with Gasteiger partial charge >= 0.3 is 5.97 Å². The number of carboxylic acids is 1. The molecule has 0 spiro atoms. The van der Waals surface area contributed by atoms with Crippen molar-refractivity contribution >= 4 is 11.9 Å². The van der Waals surface area contributed by atoms with Crippen molar-refractivity contribution in [3.8, 4) is 0 Å². The molecule has 0 unspecified atom stereocenters. The SMILES string of the molecule is O=C(N[C@@H](CO)C(=O)O)c1ccc(=O)[nH]c1. The predicted octanol–water partition coefficient (Wildman–Crippen LogP) is -1.45. The van der Waals surface area contributed by atoms with E-state index in [1.807, 2.05) is 0 Å². The highest BCUT2D eigenvalue weighted by atomic mass is 16.4. The van der Waals surface area contributed by atoms with Gasteiger partial charge in [-0.2, -0.15) is 0 Å². The van der Waals surface area contributed by atoms with Crippen molar-refractivity contribution in [2.45, 2.75) is 6.04 Å². The van der Waals surface area contributed by atoms with Gasteiger partial charge in [-0.1, -0.05) is 0 Å². The second kappa shape index (κ2) is 5.08. The van der Waals surface area contributed by atoms with Crippen LogP contribution >= 0.6 is 0 Å². The summed E-state index contributed by atoms with van der Waals surface area (Å²) in [5, 5.41) is 19.4. The quantitative estimate of drug-likeness (QED) is 0.500. The van der Waals surface area contributed by atoms with Crippen LogP contribution in [0.2, 0.25) is 0 Å². The number of aromatic nitrogens is 1. The summed E-state index contributed by atoms with van der Waals surface area (Å²) in [7, 11) is 0. The lowest BCUT2D eigenvalue weighted by molar-refractivity contribution is -0.140. The maximum absolute atomic E-state index is 11.4. The van der Waals surface area contributed by atoms with E-state index in [1.54, 1.807) is 0 Å². The van der Waals surface area contributed by atoms with Gasteiger partial charge in [0.25, 0.3) is 5.91 Å². The Labute approximate surface area is 89.7 Å². The standard InChI is InChI=1S/C9H10N2O5/c12-4-6(9(15)16)11-8(14)5-1-2-7(13)10-3-5/h1-3,6,12H,4H2,(H,10,13)(H,11,14)(H,15,16)/t6-/m0/s1. The number of pyridine rings is 1. The number of nitrogens with one attached hydrogen (secondary N) is 2. The van der Waals surface area contributed by atoms with Gasteiger partial charge in [-0.05, 0) is 6.07 Å². The Morgan fingerprint density at radius 3 is 2.56 bits per heavy atom. The first kappa shape index (κ1) is 11.9. The van der Waals surface area contributed by atoms with Crippen LogP contribution in [0.5, 0.6) is 0 Å². The molecule has 0 aliphatic carbocycles. The Bertz CT molecular complexity index is 433. The molecule has 1 heterocycles. The number of aliphatic hydroxyl groups is 1. The van der Waals surface area contributed by atoms with Crippen molar-refractivity contribution in [2.75, 3.05) is 6.61 Å². The van der Waals surface area contributed by atoms with Crippen molar-refractivity contribution in [1.29, 1.82) is 0 Å². The molecule has 0 saturated carbocycles. The summed E-state index contributed by atoms with van der Waals surface area (Å²) in [4.78, 5) is 34.9. The Balaban J connectivity index is 2.75. The van der Waals surface area contributed by atoms with Crippen LogP contribution in [-0.4, -0.2) is 39.7 Å². The molecule has 0 bridgehead atoms. The van der Waals surface area contributed by atoms with Gasteiger partial charge in [0.1, 0.15) is 0 Å². The van der Waals surface area contributed by atoms with Gasteiger partial charge in [0.2, 0.25) is 5.56 Å². The van der Waals surface area contributed by atoms with Crippen molar-refractivity contribution in [3.05, 3.63) is 34.2 Å². The number of carbonyl (C=O) groups is 2. The molecule has 1 rings (SSSR count). The molecule has 1 aromatic heterocycles. The van der Waals surface area contributed by atoms with Gasteiger partial charge in [0.15, 0.2) is 6.04 Å². The summed E-state index contributed by atoms with van der Waals surface area (Å²) in [6.45, 7) is -0.704. The largest absolute Gasteiger partial charge is 0.480 e. The number of aliphatic hydroxyl groups excluding tert-OH is 1. The van der Waals surface area contributed by atoms with E-state index in [0.717, 1.165) is 12.3 Å². The summed E-state index contributed by atoms with van der Waals surface area (Å²) in [6, 6.07) is 1.04. The third kappa shape index (κ3) is 2.92. The first-order valence-corrected chi connectivity index (χ1v) is 4.38. The van der Waals surface area contributed by atoms with Crippen LogP contribution in [0.15, 0.2) is 23.1 Å². The summed E-state index contributed by atoms with van der Waals surface area (Å²) >= 11 is 0. The maximum Gasteiger partial charge on any atom is 0.328 e. The first-order chi connectivity index (χ1) is 7.54. The monoisotopic (exact) mass is 226 g/mol. The van der Waals surface area contributed by atoms with E-state index in [1.165, 1.54) is 6.07 Å². The fourth-order valence-electron chi connectivity index (χ4n) is 0.979. The number of rotatable bonds is 4. The molecule has 1 amide bonds. The fraction of sp³-hybridized carbons (Fsp3) is 0.222. The molecule has 0 radical (unpaired) electrons. The zero-order valence-corrected chi connectivity index (χ0v) is 8.14. The second-order valence-electron chi connectivity index (χ2n) is 2.99. The molecule has 1 aromatic rings. The molecule has 0 aromatic carbocycles. The van der Waals surface area contributed by atoms with E-state index in [0.29, 0.717) is 0 Å².